The molecule has 1 aromatic rings. The van der Waals surface area contributed by atoms with Crippen molar-refractivity contribution in [1.82, 2.24) is 4.90 Å². The van der Waals surface area contributed by atoms with E-state index in [2.05, 4.69) is 0 Å². The predicted octanol–water partition coefficient (Wildman–Crippen LogP) is 2.05. The molecule has 0 aliphatic rings. The molecule has 1 aromatic carbocycles. The van der Waals surface area contributed by atoms with Gasteiger partial charge in [0.2, 0.25) is 0 Å². The summed E-state index contributed by atoms with van der Waals surface area (Å²) in [6, 6.07) is 3.76. The minimum atomic E-state index is -1.01. The van der Waals surface area contributed by atoms with Crippen LogP contribution in [0, 0.1) is 5.82 Å². The van der Waals surface area contributed by atoms with Crippen molar-refractivity contribution in [2.45, 2.75) is 6.42 Å². The molecule has 0 unspecified atom stereocenters. The summed E-state index contributed by atoms with van der Waals surface area (Å²) in [6.45, 7) is 0.698. The Hall–Kier alpha value is -1.13. The fourth-order valence-corrected chi connectivity index (χ4v) is 1.32. The first-order valence-corrected chi connectivity index (χ1v) is 4.67. The molecule has 0 bridgehead atoms. The third kappa shape index (κ3) is 4.16. The van der Waals surface area contributed by atoms with Gasteiger partial charge in [0.05, 0.1) is 5.56 Å². The summed E-state index contributed by atoms with van der Waals surface area (Å²) in [6.07, 6.45) is 0.534. The van der Waals surface area contributed by atoms with E-state index in [0.717, 1.165) is 0 Å². The van der Waals surface area contributed by atoms with E-state index in [0.29, 0.717) is 18.5 Å². The molecule has 0 fully saturated rings. The summed E-state index contributed by atoms with van der Waals surface area (Å²) in [5.74, 6) is -1.41. The van der Waals surface area contributed by atoms with E-state index in [1.54, 1.807) is 0 Å². The van der Waals surface area contributed by atoms with Gasteiger partial charge in [-0.15, -0.1) is 12.4 Å². The van der Waals surface area contributed by atoms with Crippen LogP contribution in [0.4, 0.5) is 4.39 Å². The number of carboxylic acid groups (broad SMARTS) is 1. The van der Waals surface area contributed by atoms with Gasteiger partial charge in [0.1, 0.15) is 5.82 Å². The molecular formula is C11H15ClFNO2. The smallest absolute Gasteiger partial charge is 0.335 e. The lowest BCUT2D eigenvalue weighted by molar-refractivity contribution is 0.0695. The Morgan fingerprint density at radius 1 is 1.44 bits per heavy atom. The zero-order chi connectivity index (χ0) is 11.4. The van der Waals surface area contributed by atoms with Crippen molar-refractivity contribution in [3.63, 3.8) is 0 Å². The highest BCUT2D eigenvalue weighted by molar-refractivity contribution is 5.89. The molecule has 0 aromatic heterocycles. The van der Waals surface area contributed by atoms with Crippen molar-refractivity contribution in [2.75, 3.05) is 20.6 Å². The Morgan fingerprint density at radius 3 is 2.56 bits per heavy atom. The topological polar surface area (TPSA) is 40.5 Å². The molecule has 0 aliphatic carbocycles. The summed E-state index contributed by atoms with van der Waals surface area (Å²) < 4.78 is 12.9. The van der Waals surface area contributed by atoms with E-state index in [1.807, 2.05) is 19.0 Å². The number of aromatic carboxylic acids is 1. The molecule has 0 saturated carbocycles. The van der Waals surface area contributed by atoms with Crippen LogP contribution in [-0.4, -0.2) is 36.6 Å². The van der Waals surface area contributed by atoms with Crippen molar-refractivity contribution in [3.8, 4) is 0 Å². The van der Waals surface area contributed by atoms with Crippen molar-refractivity contribution in [3.05, 3.63) is 35.1 Å². The van der Waals surface area contributed by atoms with Crippen LogP contribution in [0.5, 0.6) is 0 Å². The average Bonchev–Trinajstić information content (AvgIpc) is 2.14. The summed E-state index contributed by atoms with van der Waals surface area (Å²) in [7, 11) is 3.78. The fraction of sp³-hybridized carbons (Fsp3) is 0.364. The highest BCUT2D eigenvalue weighted by Gasteiger charge is 2.10. The quantitative estimate of drug-likeness (QED) is 0.885. The molecule has 90 valence electrons. The van der Waals surface area contributed by atoms with E-state index >= 15 is 0 Å². The Morgan fingerprint density at radius 2 is 2.06 bits per heavy atom. The number of hydrogen-bond acceptors (Lipinski definition) is 2. The first kappa shape index (κ1) is 14.9. The first-order valence-electron chi connectivity index (χ1n) is 4.67. The van der Waals surface area contributed by atoms with E-state index < -0.39 is 11.8 Å². The van der Waals surface area contributed by atoms with Crippen molar-refractivity contribution < 1.29 is 14.3 Å². The lowest BCUT2D eigenvalue weighted by Gasteiger charge is -2.11. The molecule has 0 radical (unpaired) electrons. The molecule has 0 aliphatic heterocycles. The standard InChI is InChI=1S/C11H14FNO2.ClH/c1-13(2)6-5-8-7-9(12)3-4-10(8)11(14)15;/h3-4,7H,5-6H2,1-2H3,(H,14,15);1H. The molecule has 0 atom stereocenters. The maximum absolute atomic E-state index is 12.9. The number of rotatable bonds is 4. The monoisotopic (exact) mass is 247 g/mol. The second kappa shape index (κ2) is 6.45. The number of likely N-dealkylation sites (N-methyl/N-ethyl adjacent to an activating group) is 1. The van der Waals surface area contributed by atoms with E-state index in [9.17, 15) is 9.18 Å². The zero-order valence-corrected chi connectivity index (χ0v) is 10.1. The van der Waals surface area contributed by atoms with Crippen molar-refractivity contribution in [2.24, 2.45) is 0 Å². The lowest BCUT2D eigenvalue weighted by atomic mass is 10.0. The molecule has 5 heteroatoms. The number of halogens is 2. The van der Waals surface area contributed by atoms with Gasteiger partial charge in [0.15, 0.2) is 0 Å². The SMILES string of the molecule is CN(C)CCc1cc(F)ccc1C(=O)O.Cl. The van der Waals surface area contributed by atoms with Gasteiger partial charge >= 0.3 is 5.97 Å². The van der Waals surface area contributed by atoms with Crippen LogP contribution in [0.15, 0.2) is 18.2 Å². The van der Waals surface area contributed by atoms with Crippen LogP contribution in [0.3, 0.4) is 0 Å². The van der Waals surface area contributed by atoms with Crippen molar-refractivity contribution in [1.29, 1.82) is 0 Å². The highest BCUT2D eigenvalue weighted by Crippen LogP contribution is 2.12. The molecular weight excluding hydrogens is 233 g/mol. The van der Waals surface area contributed by atoms with E-state index in [4.69, 9.17) is 5.11 Å². The van der Waals surface area contributed by atoms with Crippen molar-refractivity contribution >= 4 is 18.4 Å². The maximum atomic E-state index is 12.9. The highest BCUT2D eigenvalue weighted by atomic mass is 35.5. The Labute approximate surface area is 100 Å². The summed E-state index contributed by atoms with van der Waals surface area (Å²) in [4.78, 5) is 12.8. The summed E-state index contributed by atoms with van der Waals surface area (Å²) in [5.41, 5.74) is 0.717. The van der Waals surface area contributed by atoms with E-state index in [1.165, 1.54) is 18.2 Å². The number of nitrogens with zero attached hydrogens (tertiary/aromatic N) is 1. The van der Waals surface area contributed by atoms with Gasteiger partial charge in [-0.2, -0.15) is 0 Å². The number of hydrogen-bond donors (Lipinski definition) is 1. The number of benzene rings is 1. The molecule has 3 nitrogen and oxygen atoms in total. The molecule has 16 heavy (non-hydrogen) atoms. The lowest BCUT2D eigenvalue weighted by Crippen LogP contribution is -2.16. The zero-order valence-electron chi connectivity index (χ0n) is 9.24. The summed E-state index contributed by atoms with van der Waals surface area (Å²) in [5, 5.41) is 8.89. The molecule has 0 amide bonds. The Bertz CT molecular complexity index is 369. The van der Waals surface area contributed by atoms with Crippen LogP contribution in [0.2, 0.25) is 0 Å². The fourth-order valence-electron chi connectivity index (χ4n) is 1.32. The van der Waals surface area contributed by atoms with Crippen LogP contribution in [0.25, 0.3) is 0 Å². The Balaban J connectivity index is 0.00000225. The third-order valence-corrected chi connectivity index (χ3v) is 2.13. The number of carbonyl (C=O) groups is 1. The van der Waals surface area contributed by atoms with Gasteiger partial charge < -0.3 is 10.0 Å². The summed E-state index contributed by atoms with van der Waals surface area (Å²) >= 11 is 0. The van der Waals surface area contributed by atoms with Gasteiger partial charge in [-0.3, -0.25) is 0 Å². The average molecular weight is 248 g/mol. The van der Waals surface area contributed by atoms with Crippen LogP contribution >= 0.6 is 12.4 Å². The van der Waals surface area contributed by atoms with E-state index in [-0.39, 0.29) is 18.0 Å². The second-order valence-electron chi connectivity index (χ2n) is 3.66. The third-order valence-electron chi connectivity index (χ3n) is 2.13. The van der Waals surface area contributed by atoms with Crippen LogP contribution < -0.4 is 0 Å². The molecule has 1 N–H and O–H groups in total. The number of carboxylic acids is 1. The van der Waals surface area contributed by atoms with Crippen LogP contribution in [-0.2, 0) is 6.42 Å². The van der Waals surface area contributed by atoms with Crippen LogP contribution in [0.1, 0.15) is 15.9 Å². The van der Waals surface area contributed by atoms with Gasteiger partial charge in [-0.1, -0.05) is 0 Å². The minimum Gasteiger partial charge on any atom is -0.478 e. The second-order valence-corrected chi connectivity index (χ2v) is 3.66. The molecule has 0 spiro atoms. The predicted molar refractivity (Wildman–Crippen MR) is 62.9 cm³/mol. The Kier molecular flexibility index (Phi) is 6.00. The largest absolute Gasteiger partial charge is 0.478 e. The molecule has 1 rings (SSSR count). The minimum absolute atomic E-state index is 0. The van der Waals surface area contributed by atoms with Gasteiger partial charge in [0, 0.05) is 6.54 Å². The molecule has 0 heterocycles. The van der Waals surface area contributed by atoms with Gasteiger partial charge in [-0.25, -0.2) is 9.18 Å². The normalized spacial score (nSPS) is 10.0. The van der Waals surface area contributed by atoms with Gasteiger partial charge in [0.25, 0.3) is 0 Å². The van der Waals surface area contributed by atoms with Gasteiger partial charge in [-0.05, 0) is 44.3 Å². The molecule has 0 saturated heterocycles. The maximum Gasteiger partial charge on any atom is 0.335 e. The first-order chi connectivity index (χ1) is 7.00.